The Hall–Kier alpha value is -0.583. The Labute approximate surface area is 122 Å². The molecule has 0 aliphatic carbocycles. The van der Waals surface area contributed by atoms with Crippen LogP contribution in [0, 0.1) is 5.21 Å². The summed E-state index contributed by atoms with van der Waals surface area (Å²) in [5, 5.41) is 11.6. The molecule has 0 saturated heterocycles. The van der Waals surface area contributed by atoms with Crippen LogP contribution in [0.3, 0.4) is 0 Å². The highest BCUT2D eigenvalue weighted by Crippen LogP contribution is 2.41. The summed E-state index contributed by atoms with van der Waals surface area (Å²) in [6.45, 7) is 15.1. The Morgan fingerprint density at radius 1 is 1.21 bits per heavy atom. The molecule has 1 rings (SSSR count). The lowest BCUT2D eigenvalue weighted by atomic mass is 10.0. The number of hydrogen-bond donors (Lipinski definition) is 0. The van der Waals surface area contributed by atoms with E-state index in [9.17, 15) is 5.21 Å². The monoisotopic (exact) mass is 301 g/mol. The van der Waals surface area contributed by atoms with Crippen molar-refractivity contribution in [3.63, 3.8) is 0 Å². The van der Waals surface area contributed by atoms with Crippen molar-refractivity contribution in [2.75, 3.05) is 0 Å². The first-order chi connectivity index (χ1) is 8.37. The van der Waals surface area contributed by atoms with E-state index in [0.29, 0.717) is 4.73 Å². The number of halogens is 1. The molecule has 0 saturated carbocycles. The van der Waals surface area contributed by atoms with Gasteiger partial charge < -0.3 is 9.63 Å². The maximum atomic E-state index is 11.3. The fourth-order valence-electron chi connectivity index (χ4n) is 1.68. The van der Waals surface area contributed by atoms with Crippen LogP contribution >= 0.6 is 11.6 Å². The van der Waals surface area contributed by atoms with Crippen LogP contribution in [-0.4, -0.2) is 8.32 Å². The summed E-state index contributed by atoms with van der Waals surface area (Å²) in [7, 11) is -1.88. The summed E-state index contributed by atoms with van der Waals surface area (Å²) in [6.07, 6.45) is 1.43. The fourth-order valence-corrected chi connectivity index (χ4v) is 3.56. The predicted molar refractivity (Wildman–Crippen MR) is 81.7 cm³/mol. The van der Waals surface area contributed by atoms with Gasteiger partial charge in [-0.1, -0.05) is 20.8 Å². The van der Waals surface area contributed by atoms with Gasteiger partial charge in [-0.2, -0.15) is 4.73 Å². The summed E-state index contributed by atoms with van der Waals surface area (Å²) in [5.74, 6) is 0. The molecule has 0 bridgehead atoms. The van der Waals surface area contributed by atoms with Gasteiger partial charge in [0.05, 0.1) is 5.60 Å². The summed E-state index contributed by atoms with van der Waals surface area (Å²) in [4.78, 5) is 0. The van der Waals surface area contributed by atoms with Gasteiger partial charge in [0.2, 0.25) is 0 Å². The van der Waals surface area contributed by atoms with Crippen LogP contribution in [0.2, 0.25) is 23.3 Å². The highest BCUT2D eigenvalue weighted by Gasteiger charge is 2.42. The zero-order valence-electron chi connectivity index (χ0n) is 12.9. The van der Waals surface area contributed by atoms with Crippen molar-refractivity contribution in [2.24, 2.45) is 0 Å². The first-order valence-electron chi connectivity index (χ1n) is 6.46. The molecule has 0 fully saturated rings. The molecule has 1 aromatic heterocycles. The minimum atomic E-state index is -1.88. The molecule has 0 N–H and O–H groups in total. The molecule has 0 radical (unpaired) electrons. The minimum Gasteiger partial charge on any atom is -0.618 e. The Balaban J connectivity index is 3.07. The number of nitrogens with zero attached hydrogens (tertiary/aromatic N) is 1. The number of hydrogen-bond acceptors (Lipinski definition) is 2. The Morgan fingerprint density at radius 3 is 2.16 bits per heavy atom. The van der Waals surface area contributed by atoms with Crippen molar-refractivity contribution in [1.82, 2.24) is 0 Å². The van der Waals surface area contributed by atoms with Gasteiger partial charge in [0.15, 0.2) is 14.5 Å². The highest BCUT2D eigenvalue weighted by molar-refractivity contribution is 6.74. The molecule has 0 aliphatic heterocycles. The molecular weight excluding hydrogens is 278 g/mol. The second-order valence-corrected chi connectivity index (χ2v) is 12.0. The number of pyridine rings is 1. The summed E-state index contributed by atoms with van der Waals surface area (Å²) in [5.41, 5.74) is 0.468. The average molecular weight is 302 g/mol. The smallest absolute Gasteiger partial charge is 0.286 e. The van der Waals surface area contributed by atoms with Crippen molar-refractivity contribution in [1.29, 1.82) is 0 Å². The van der Waals surface area contributed by atoms with Gasteiger partial charge in [0.1, 0.15) is 0 Å². The van der Waals surface area contributed by atoms with E-state index in [0.717, 1.165) is 5.56 Å². The molecule has 1 heterocycles. The molecule has 0 spiro atoms. The SMILES string of the molecule is CC(C)(O[Si](C)(C)C(C)(C)C)c1cc[n+]([O-])c(Cl)c1. The van der Waals surface area contributed by atoms with Crippen molar-refractivity contribution in [2.45, 2.75) is 58.4 Å². The number of rotatable bonds is 3. The van der Waals surface area contributed by atoms with Crippen LogP contribution in [-0.2, 0) is 10.0 Å². The van der Waals surface area contributed by atoms with Crippen molar-refractivity contribution in [3.8, 4) is 0 Å². The Morgan fingerprint density at radius 2 is 1.74 bits per heavy atom. The third kappa shape index (κ3) is 3.71. The molecule has 0 aliphatic rings. The van der Waals surface area contributed by atoms with Crippen LogP contribution < -0.4 is 4.73 Å². The van der Waals surface area contributed by atoms with Crippen molar-refractivity contribution < 1.29 is 9.16 Å². The topological polar surface area (TPSA) is 36.2 Å². The Bertz CT molecular complexity index is 467. The van der Waals surface area contributed by atoms with Gasteiger partial charge in [-0.25, -0.2) is 0 Å². The molecule has 5 heteroatoms. The van der Waals surface area contributed by atoms with Crippen molar-refractivity contribution in [3.05, 3.63) is 34.3 Å². The van der Waals surface area contributed by atoms with Crippen LogP contribution in [0.4, 0.5) is 0 Å². The molecule has 0 amide bonds. The lowest BCUT2D eigenvalue weighted by Crippen LogP contribution is -2.46. The molecule has 0 unspecified atom stereocenters. The van der Waals surface area contributed by atoms with Crippen LogP contribution in [0.25, 0.3) is 0 Å². The van der Waals surface area contributed by atoms with Crippen LogP contribution in [0.5, 0.6) is 0 Å². The van der Waals surface area contributed by atoms with Gasteiger partial charge in [0.25, 0.3) is 5.15 Å². The van der Waals surface area contributed by atoms with E-state index in [1.165, 1.54) is 6.20 Å². The quantitative estimate of drug-likeness (QED) is 0.362. The second-order valence-electron chi connectivity index (χ2n) is 6.94. The van der Waals surface area contributed by atoms with Gasteiger partial charge in [-0.3, -0.25) is 0 Å². The lowest BCUT2D eigenvalue weighted by molar-refractivity contribution is -0.603. The fraction of sp³-hybridized carbons (Fsp3) is 0.643. The summed E-state index contributed by atoms with van der Waals surface area (Å²) < 4.78 is 7.09. The molecular formula is C14H24ClNO2Si. The molecule has 19 heavy (non-hydrogen) atoms. The van der Waals surface area contributed by atoms with Gasteiger partial charge >= 0.3 is 0 Å². The normalized spacial score (nSPS) is 13.7. The first kappa shape index (κ1) is 16.5. The van der Waals surface area contributed by atoms with Crippen LogP contribution in [0.15, 0.2) is 18.3 Å². The largest absolute Gasteiger partial charge is 0.618 e. The van der Waals surface area contributed by atoms with E-state index in [1.54, 1.807) is 12.1 Å². The van der Waals surface area contributed by atoms with E-state index in [-0.39, 0.29) is 10.2 Å². The molecule has 1 aromatic rings. The van der Waals surface area contributed by atoms with Crippen LogP contribution in [0.1, 0.15) is 40.2 Å². The van der Waals surface area contributed by atoms with E-state index >= 15 is 0 Å². The molecule has 0 aromatic carbocycles. The maximum Gasteiger partial charge on any atom is 0.286 e. The minimum absolute atomic E-state index is 0.140. The summed E-state index contributed by atoms with van der Waals surface area (Å²) in [6, 6.07) is 3.45. The third-order valence-electron chi connectivity index (χ3n) is 3.89. The summed E-state index contributed by atoms with van der Waals surface area (Å²) >= 11 is 5.89. The van der Waals surface area contributed by atoms with E-state index in [4.69, 9.17) is 16.0 Å². The van der Waals surface area contributed by atoms with Gasteiger partial charge in [-0.05, 0) is 49.1 Å². The lowest BCUT2D eigenvalue weighted by Gasteiger charge is -2.42. The van der Waals surface area contributed by atoms with Gasteiger partial charge in [-0.15, -0.1) is 0 Å². The van der Waals surface area contributed by atoms with E-state index in [1.807, 2.05) is 13.8 Å². The third-order valence-corrected chi connectivity index (χ3v) is 8.80. The molecule has 0 atom stereocenters. The van der Waals surface area contributed by atoms with Gasteiger partial charge in [0, 0.05) is 12.1 Å². The zero-order valence-corrected chi connectivity index (χ0v) is 14.6. The predicted octanol–water partition coefficient (Wildman–Crippen LogP) is 4.23. The van der Waals surface area contributed by atoms with E-state index < -0.39 is 13.9 Å². The first-order valence-corrected chi connectivity index (χ1v) is 9.75. The van der Waals surface area contributed by atoms with E-state index in [2.05, 4.69) is 33.9 Å². The standard InChI is InChI=1S/C14H24ClNO2Si/c1-13(2,3)19(6,7)18-14(4,5)11-8-9-16(17)12(15)10-11/h8-10H,1-7H3. The Kier molecular flexibility index (Phi) is 4.40. The van der Waals surface area contributed by atoms with Crippen molar-refractivity contribution >= 4 is 19.9 Å². The highest BCUT2D eigenvalue weighted by atomic mass is 35.5. The second kappa shape index (κ2) is 5.07. The zero-order chi connectivity index (χ0) is 15.1. The maximum absolute atomic E-state index is 11.3. The average Bonchev–Trinajstić information content (AvgIpc) is 2.18. The molecule has 3 nitrogen and oxygen atoms in total. The number of aromatic nitrogens is 1. The molecule has 108 valence electrons.